The lowest BCUT2D eigenvalue weighted by atomic mass is 10.1. The van der Waals surface area contributed by atoms with Crippen molar-refractivity contribution in [3.63, 3.8) is 0 Å². The molecule has 1 atom stereocenters. The van der Waals surface area contributed by atoms with Gasteiger partial charge in [-0.1, -0.05) is 23.7 Å². The minimum atomic E-state index is -3.29. The van der Waals surface area contributed by atoms with Gasteiger partial charge in [0.2, 0.25) is 15.9 Å². The zero-order valence-electron chi connectivity index (χ0n) is 15.2. The minimum Gasteiger partial charge on any atom is -0.493 e. The minimum absolute atomic E-state index is 0.0782. The van der Waals surface area contributed by atoms with Crippen LogP contribution >= 0.6 is 0 Å². The predicted molar refractivity (Wildman–Crippen MR) is 97.4 cm³/mol. The standard InChI is InChI=1S/C18H25N3O4S/c1-3-26(22,23)21-11-5-4-9-16(21)18-19-17(20-25-18)10-12-24-15-8-6-7-14(2)13-15/h6-8,13,16H,3-5,9-12H2,1-2H3. The zero-order valence-corrected chi connectivity index (χ0v) is 16.0. The van der Waals surface area contributed by atoms with Crippen molar-refractivity contribution in [1.29, 1.82) is 0 Å². The van der Waals surface area contributed by atoms with Crippen LogP contribution in [0.2, 0.25) is 0 Å². The van der Waals surface area contributed by atoms with Crippen molar-refractivity contribution in [3.05, 3.63) is 41.5 Å². The molecule has 142 valence electrons. The van der Waals surface area contributed by atoms with Crippen molar-refractivity contribution >= 4 is 10.0 Å². The van der Waals surface area contributed by atoms with E-state index in [1.165, 1.54) is 4.31 Å². The molecule has 2 aromatic rings. The van der Waals surface area contributed by atoms with E-state index in [1.807, 2.05) is 31.2 Å². The van der Waals surface area contributed by atoms with Crippen LogP contribution in [0, 0.1) is 6.92 Å². The number of ether oxygens (including phenoxy) is 1. The van der Waals surface area contributed by atoms with Gasteiger partial charge in [-0.05, 0) is 44.4 Å². The van der Waals surface area contributed by atoms with Gasteiger partial charge < -0.3 is 9.26 Å². The molecule has 0 radical (unpaired) electrons. The van der Waals surface area contributed by atoms with Gasteiger partial charge in [0, 0.05) is 13.0 Å². The van der Waals surface area contributed by atoms with Crippen molar-refractivity contribution in [2.75, 3.05) is 18.9 Å². The summed E-state index contributed by atoms with van der Waals surface area (Å²) in [7, 11) is -3.29. The van der Waals surface area contributed by atoms with E-state index in [2.05, 4.69) is 10.1 Å². The van der Waals surface area contributed by atoms with Gasteiger partial charge in [0.05, 0.1) is 12.4 Å². The summed E-state index contributed by atoms with van der Waals surface area (Å²) in [5.74, 6) is 1.80. The average Bonchev–Trinajstić information content (AvgIpc) is 3.11. The highest BCUT2D eigenvalue weighted by Crippen LogP contribution is 2.32. The third-order valence-electron chi connectivity index (χ3n) is 4.53. The Hall–Kier alpha value is -1.93. The first-order valence-electron chi connectivity index (χ1n) is 9.01. The Bertz CT molecular complexity index is 834. The molecule has 1 saturated heterocycles. The molecule has 1 fully saturated rings. The molecule has 1 aliphatic rings. The van der Waals surface area contributed by atoms with E-state index >= 15 is 0 Å². The molecule has 1 aliphatic heterocycles. The second kappa shape index (κ2) is 8.18. The number of rotatable bonds is 7. The van der Waals surface area contributed by atoms with Gasteiger partial charge in [-0.25, -0.2) is 8.42 Å². The fourth-order valence-electron chi connectivity index (χ4n) is 3.12. The highest BCUT2D eigenvalue weighted by atomic mass is 32.2. The number of aromatic nitrogens is 2. The van der Waals surface area contributed by atoms with Crippen LogP contribution in [-0.2, 0) is 16.4 Å². The van der Waals surface area contributed by atoms with E-state index in [0.29, 0.717) is 37.7 Å². The lowest BCUT2D eigenvalue weighted by molar-refractivity contribution is 0.204. The van der Waals surface area contributed by atoms with Gasteiger partial charge in [0.25, 0.3) is 0 Å². The van der Waals surface area contributed by atoms with Crippen LogP contribution in [0.4, 0.5) is 0 Å². The van der Waals surface area contributed by atoms with Crippen molar-refractivity contribution in [2.24, 2.45) is 0 Å². The largest absolute Gasteiger partial charge is 0.493 e. The maximum Gasteiger partial charge on any atom is 0.245 e. The topological polar surface area (TPSA) is 85.5 Å². The summed E-state index contributed by atoms with van der Waals surface area (Å²) in [6.07, 6.45) is 3.03. The molecular formula is C18H25N3O4S. The smallest absolute Gasteiger partial charge is 0.245 e. The number of sulfonamides is 1. The third kappa shape index (κ3) is 4.42. The van der Waals surface area contributed by atoms with Gasteiger partial charge in [-0.15, -0.1) is 0 Å². The van der Waals surface area contributed by atoms with Crippen LogP contribution in [0.1, 0.15) is 49.5 Å². The van der Waals surface area contributed by atoms with E-state index < -0.39 is 10.0 Å². The van der Waals surface area contributed by atoms with Crippen LogP contribution < -0.4 is 4.74 Å². The van der Waals surface area contributed by atoms with Gasteiger partial charge in [0.1, 0.15) is 11.8 Å². The average molecular weight is 379 g/mol. The number of hydrogen-bond donors (Lipinski definition) is 0. The summed E-state index contributed by atoms with van der Waals surface area (Å²) < 4.78 is 37.2. The molecule has 2 heterocycles. The first-order valence-corrected chi connectivity index (χ1v) is 10.6. The number of benzene rings is 1. The normalized spacial score (nSPS) is 18.8. The molecule has 26 heavy (non-hydrogen) atoms. The molecule has 1 aromatic carbocycles. The lowest BCUT2D eigenvalue weighted by Crippen LogP contribution is -2.39. The fraction of sp³-hybridized carbons (Fsp3) is 0.556. The van der Waals surface area contributed by atoms with Crippen molar-refractivity contribution < 1.29 is 17.7 Å². The molecule has 8 heteroatoms. The zero-order chi connectivity index (χ0) is 18.6. The summed E-state index contributed by atoms with van der Waals surface area (Å²) in [4.78, 5) is 4.42. The highest BCUT2D eigenvalue weighted by Gasteiger charge is 2.35. The molecule has 1 unspecified atom stereocenters. The number of hydrogen-bond acceptors (Lipinski definition) is 6. The third-order valence-corrected chi connectivity index (χ3v) is 6.41. The summed E-state index contributed by atoms with van der Waals surface area (Å²) in [5, 5.41) is 3.99. The van der Waals surface area contributed by atoms with E-state index in [4.69, 9.17) is 9.26 Å². The van der Waals surface area contributed by atoms with E-state index in [0.717, 1.165) is 24.2 Å². The SMILES string of the molecule is CCS(=O)(=O)N1CCCCC1c1nc(CCOc2cccc(C)c2)no1. The Morgan fingerprint density at radius 2 is 2.19 bits per heavy atom. The van der Waals surface area contributed by atoms with Crippen LogP contribution in [0.5, 0.6) is 5.75 Å². The van der Waals surface area contributed by atoms with Crippen molar-refractivity contribution in [2.45, 2.75) is 45.6 Å². The Balaban J connectivity index is 1.63. The van der Waals surface area contributed by atoms with E-state index in [9.17, 15) is 8.42 Å². The number of nitrogens with zero attached hydrogens (tertiary/aromatic N) is 3. The van der Waals surface area contributed by atoms with Gasteiger partial charge in [-0.3, -0.25) is 0 Å². The summed E-state index contributed by atoms with van der Waals surface area (Å²) in [5.41, 5.74) is 1.14. The quantitative estimate of drug-likeness (QED) is 0.735. The molecule has 0 amide bonds. The van der Waals surface area contributed by atoms with Crippen LogP contribution in [0.3, 0.4) is 0 Å². The summed E-state index contributed by atoms with van der Waals surface area (Å²) >= 11 is 0. The Kier molecular flexibility index (Phi) is 5.93. The second-order valence-corrected chi connectivity index (χ2v) is 8.70. The Morgan fingerprint density at radius 1 is 1.35 bits per heavy atom. The molecule has 1 aromatic heterocycles. The molecule has 7 nitrogen and oxygen atoms in total. The molecule has 0 saturated carbocycles. The molecular weight excluding hydrogens is 354 g/mol. The number of aryl methyl sites for hydroxylation is 1. The summed E-state index contributed by atoms with van der Waals surface area (Å²) in [6.45, 7) is 4.61. The highest BCUT2D eigenvalue weighted by molar-refractivity contribution is 7.89. The van der Waals surface area contributed by atoms with Gasteiger partial charge >= 0.3 is 0 Å². The molecule has 0 bridgehead atoms. The maximum atomic E-state index is 12.3. The van der Waals surface area contributed by atoms with Crippen LogP contribution in [0.15, 0.2) is 28.8 Å². The molecule has 0 spiro atoms. The number of piperidine rings is 1. The first kappa shape index (κ1) is 18.8. The van der Waals surface area contributed by atoms with Crippen LogP contribution in [0.25, 0.3) is 0 Å². The monoisotopic (exact) mass is 379 g/mol. The van der Waals surface area contributed by atoms with Crippen LogP contribution in [-0.4, -0.2) is 41.8 Å². The first-order chi connectivity index (χ1) is 12.5. The van der Waals surface area contributed by atoms with Gasteiger partial charge in [0.15, 0.2) is 5.82 Å². The van der Waals surface area contributed by atoms with E-state index in [1.54, 1.807) is 6.92 Å². The predicted octanol–water partition coefficient (Wildman–Crippen LogP) is 2.88. The summed E-state index contributed by atoms with van der Waals surface area (Å²) in [6, 6.07) is 7.48. The van der Waals surface area contributed by atoms with E-state index in [-0.39, 0.29) is 11.8 Å². The Morgan fingerprint density at radius 3 is 2.96 bits per heavy atom. The van der Waals surface area contributed by atoms with Crippen molar-refractivity contribution in [3.8, 4) is 5.75 Å². The van der Waals surface area contributed by atoms with Gasteiger partial charge in [-0.2, -0.15) is 9.29 Å². The molecule has 0 aliphatic carbocycles. The fourth-order valence-corrected chi connectivity index (χ4v) is 4.44. The lowest BCUT2D eigenvalue weighted by Gasteiger charge is -2.31. The second-order valence-electron chi connectivity index (χ2n) is 6.49. The maximum absolute atomic E-state index is 12.3. The van der Waals surface area contributed by atoms with Crippen molar-refractivity contribution in [1.82, 2.24) is 14.4 Å². The Labute approximate surface area is 154 Å². The molecule has 3 rings (SSSR count). The molecule has 0 N–H and O–H groups in total.